The van der Waals surface area contributed by atoms with Crippen LogP contribution in [-0.4, -0.2) is 39.0 Å². The molecule has 6 aromatic heterocycles. The van der Waals surface area contributed by atoms with E-state index in [9.17, 15) is 0 Å². The van der Waals surface area contributed by atoms with E-state index in [1.165, 1.54) is 163 Å². The first kappa shape index (κ1) is 85.2. The van der Waals surface area contributed by atoms with Gasteiger partial charge in [-0.25, -0.2) is 29.9 Å². The van der Waals surface area contributed by atoms with Crippen LogP contribution >= 0.6 is 11.3 Å². The smallest absolute Gasteiger partial charge is 0.165 e. The highest BCUT2D eigenvalue weighted by Gasteiger charge is 2.29. The third-order valence-corrected chi connectivity index (χ3v) is 29.7. The van der Waals surface area contributed by atoms with Crippen molar-refractivity contribution in [2.75, 3.05) is 0 Å². The molecule has 9 nitrogen and oxygen atoms in total. The molecule has 28 aromatic rings. The van der Waals surface area contributed by atoms with Crippen LogP contribution in [0.1, 0.15) is 11.1 Å². The first-order chi connectivity index (χ1) is 71.8. The zero-order chi connectivity index (χ0) is 95.8. The summed E-state index contributed by atoms with van der Waals surface area (Å²) in [6.07, 6.45) is 0.821. The van der Waals surface area contributed by atoms with Crippen LogP contribution in [0.4, 0.5) is 0 Å². The van der Waals surface area contributed by atoms with Gasteiger partial charge < -0.3 is 13.6 Å². The molecule has 1 aliphatic rings. The number of furan rings is 1. The molecule has 678 valence electrons. The van der Waals surface area contributed by atoms with Gasteiger partial charge in [-0.2, -0.15) is 0 Å². The lowest BCUT2D eigenvalue weighted by molar-refractivity contribution is 0.669. The number of hydrogen-bond donors (Lipinski definition) is 0. The van der Waals surface area contributed by atoms with Crippen molar-refractivity contribution in [2.24, 2.45) is 0 Å². The molecular formula is C135H86N8OS. The Balaban J connectivity index is 0.000000108. The molecule has 0 aliphatic heterocycles. The van der Waals surface area contributed by atoms with E-state index in [0.29, 0.717) is 34.9 Å². The van der Waals surface area contributed by atoms with Crippen molar-refractivity contribution in [1.29, 1.82) is 0 Å². The Labute approximate surface area is 840 Å². The highest BCUT2D eigenvalue weighted by Crippen LogP contribution is 2.49. The van der Waals surface area contributed by atoms with Gasteiger partial charge in [-0.3, -0.25) is 0 Å². The summed E-state index contributed by atoms with van der Waals surface area (Å²) in [5.41, 5.74) is 34.1. The Morgan fingerprint density at radius 3 is 1.08 bits per heavy atom. The first-order valence-corrected chi connectivity index (χ1v) is 49.9. The predicted molar refractivity (Wildman–Crippen MR) is 603 cm³/mol. The highest BCUT2D eigenvalue weighted by molar-refractivity contribution is 7.26. The number of rotatable bonds is 14. The van der Waals surface area contributed by atoms with Crippen LogP contribution in [0.25, 0.3) is 265 Å². The molecule has 1 aliphatic carbocycles. The average Bonchev–Trinajstić information content (AvgIpc) is 1.58. The van der Waals surface area contributed by atoms with Gasteiger partial charge in [0, 0.05) is 104 Å². The van der Waals surface area contributed by atoms with Crippen molar-refractivity contribution in [3.8, 4) is 158 Å². The predicted octanol–water partition coefficient (Wildman–Crippen LogP) is 35.8. The summed E-state index contributed by atoms with van der Waals surface area (Å²) < 4.78 is 13.5. The number of fused-ring (bicyclic) bond motifs is 17. The molecule has 0 fully saturated rings. The van der Waals surface area contributed by atoms with Crippen LogP contribution in [0.3, 0.4) is 0 Å². The lowest BCUT2D eigenvalue weighted by Gasteiger charge is -2.13. The van der Waals surface area contributed by atoms with Crippen molar-refractivity contribution >= 4 is 119 Å². The molecule has 0 atom stereocenters. The maximum atomic E-state index is 6.26. The SMILES string of the molecule is c1ccc(-c2ccc(-n3c4ccccc4c4cc(-c5ccc6c(c5)c5ccccc5n6-c5ccccc5)ccc43)cc2)cc1.c1ccc(-c2nc(-c3cc(-c4ccc5ccccc5c4)cc(-c4ccc5ccccc5c4)c3)nc(-c3ccc4c(c3)oc3ccccc34)n2)cc1.c1ccc(-c2nc(-c3cccc4c3Cc3c(-c5ccccc5)cccc3-4)nc(-c3cccc4c3sc3c(-c5ccccc5)cccc34)n2)cc1. The zero-order valence-electron chi connectivity index (χ0n) is 78.6. The van der Waals surface area contributed by atoms with E-state index in [1.54, 1.807) is 0 Å². The van der Waals surface area contributed by atoms with Crippen molar-refractivity contribution in [2.45, 2.75) is 6.42 Å². The van der Waals surface area contributed by atoms with Crippen molar-refractivity contribution in [1.82, 2.24) is 39.0 Å². The van der Waals surface area contributed by atoms with Crippen molar-refractivity contribution in [3.05, 3.63) is 521 Å². The van der Waals surface area contributed by atoms with E-state index < -0.39 is 0 Å². The third-order valence-electron chi connectivity index (χ3n) is 28.4. The molecule has 0 unspecified atom stereocenters. The van der Waals surface area contributed by atoms with Gasteiger partial charge in [-0.05, 0) is 226 Å². The number of hydrogen-bond acceptors (Lipinski definition) is 8. The van der Waals surface area contributed by atoms with Gasteiger partial charge >= 0.3 is 0 Å². The molecule has 10 heteroatoms. The Kier molecular flexibility index (Phi) is 21.4. The number of nitrogens with zero attached hydrogens (tertiary/aromatic N) is 8. The second-order valence-electron chi connectivity index (χ2n) is 37.0. The fourth-order valence-corrected chi connectivity index (χ4v) is 22.8. The van der Waals surface area contributed by atoms with Crippen molar-refractivity contribution < 1.29 is 4.42 Å². The van der Waals surface area contributed by atoms with Crippen molar-refractivity contribution in [3.63, 3.8) is 0 Å². The molecule has 0 bridgehead atoms. The molecule has 0 N–H and O–H groups in total. The summed E-state index contributed by atoms with van der Waals surface area (Å²) in [4.78, 5) is 31.0. The molecule has 22 aromatic carbocycles. The van der Waals surface area contributed by atoms with Gasteiger partial charge in [0.15, 0.2) is 34.9 Å². The van der Waals surface area contributed by atoms with Gasteiger partial charge in [-0.1, -0.05) is 394 Å². The number of para-hydroxylation sites is 4. The summed E-state index contributed by atoms with van der Waals surface area (Å²) in [6.45, 7) is 0. The molecule has 29 rings (SSSR count). The second-order valence-corrected chi connectivity index (χ2v) is 38.1. The minimum absolute atomic E-state index is 0.588. The Hall–Kier alpha value is -19.0. The highest BCUT2D eigenvalue weighted by atomic mass is 32.1. The summed E-state index contributed by atoms with van der Waals surface area (Å²) >= 11 is 1.82. The largest absolute Gasteiger partial charge is 0.456 e. The quantitative estimate of drug-likeness (QED) is 0.107. The summed E-state index contributed by atoms with van der Waals surface area (Å²) in [7, 11) is 0. The van der Waals surface area contributed by atoms with Crippen LogP contribution in [0.2, 0.25) is 0 Å². The van der Waals surface area contributed by atoms with Gasteiger partial charge in [0.1, 0.15) is 11.2 Å². The van der Waals surface area contributed by atoms with Crippen LogP contribution < -0.4 is 0 Å². The minimum Gasteiger partial charge on any atom is -0.456 e. The van der Waals surface area contributed by atoms with Gasteiger partial charge in [0.2, 0.25) is 0 Å². The normalized spacial score (nSPS) is 11.7. The Morgan fingerprint density at radius 2 is 0.517 bits per heavy atom. The molecule has 145 heavy (non-hydrogen) atoms. The average molecular weight is 1870 g/mol. The summed E-state index contributed by atoms with van der Waals surface area (Å²) in [6, 6.07) is 181. The summed E-state index contributed by atoms with van der Waals surface area (Å²) in [5.74, 6) is 3.86. The monoisotopic (exact) mass is 1870 g/mol. The van der Waals surface area contributed by atoms with Crippen LogP contribution in [0.5, 0.6) is 0 Å². The van der Waals surface area contributed by atoms with Gasteiger partial charge in [0.05, 0.1) is 22.1 Å². The number of thiophene rings is 1. The number of aromatic nitrogens is 8. The molecular weight excluding hydrogens is 1780 g/mol. The van der Waals surface area contributed by atoms with E-state index in [4.69, 9.17) is 34.3 Å². The second kappa shape index (κ2) is 36.3. The molecule has 0 amide bonds. The van der Waals surface area contributed by atoms with Crippen LogP contribution in [-0.2, 0) is 6.42 Å². The topological polar surface area (TPSA) is 100 Å². The van der Waals surface area contributed by atoms with Gasteiger partial charge in [-0.15, -0.1) is 11.3 Å². The van der Waals surface area contributed by atoms with Gasteiger partial charge in [0.25, 0.3) is 0 Å². The zero-order valence-corrected chi connectivity index (χ0v) is 79.4. The minimum atomic E-state index is 0.588. The Morgan fingerprint density at radius 1 is 0.172 bits per heavy atom. The lowest BCUT2D eigenvalue weighted by atomic mass is 9.93. The standard InChI is InChI=1S/C47H29N3O.C46H29N3S.C42H28N2/c1-2-12-32(13-3-1)45-48-46(37-22-23-42-41-16-8-9-17-43(41)51-44(42)29-37)50-47(49-45)40-27-38(35-20-18-30-10-4-6-14-33(30)24-35)26-39(28-40)36-21-19-31-11-5-7-15-34(31)25-36;1-4-14-29(15-5-1)32-20-10-22-34-35-23-12-26-38(41(35)28-40(32)34)45-47-44(31-18-8-3-9-19-31)48-46(49-45)39-27-13-25-37-36-24-11-21-33(42(36)50-43(37)39)30-16-6-2-7-17-30;1-3-11-29(12-4-1)30-19-23-34(24-20-30)44-40-18-10-8-16-36(40)38-28-32(22-26-42(38)44)31-21-25-41-37(27-31)35-15-7-9-17-39(35)43(41)33-13-5-2-6-14-33/h1-29H;1-27H,28H2;1-28H. The fraction of sp³-hybridized carbons (Fsp3) is 0.00741. The summed E-state index contributed by atoms with van der Waals surface area (Å²) in [5, 5.41) is 14.5. The van der Waals surface area contributed by atoms with E-state index in [0.717, 1.165) is 84.0 Å². The molecule has 0 radical (unpaired) electrons. The van der Waals surface area contributed by atoms with E-state index in [2.05, 4.69) is 446 Å². The third kappa shape index (κ3) is 15.7. The fourth-order valence-electron chi connectivity index (χ4n) is 21.4. The molecule has 0 saturated carbocycles. The maximum absolute atomic E-state index is 6.26. The van der Waals surface area contributed by atoms with E-state index >= 15 is 0 Å². The lowest BCUT2D eigenvalue weighted by Crippen LogP contribution is -2.02. The maximum Gasteiger partial charge on any atom is 0.165 e. The first-order valence-electron chi connectivity index (χ1n) is 49.1. The molecule has 0 spiro atoms. The van der Waals surface area contributed by atoms with E-state index in [1.807, 2.05) is 84.1 Å². The van der Waals surface area contributed by atoms with Crippen LogP contribution in [0.15, 0.2) is 514 Å². The van der Waals surface area contributed by atoms with Crippen LogP contribution in [0, 0.1) is 0 Å². The number of benzene rings is 22. The molecule has 0 saturated heterocycles. The Bertz CT molecular complexity index is 9810. The van der Waals surface area contributed by atoms with E-state index in [-0.39, 0.29) is 0 Å². The molecule has 6 heterocycles.